The number of hydrogen-bond donors (Lipinski definition) is 0. The van der Waals surface area contributed by atoms with Gasteiger partial charge >= 0.3 is 0 Å². The van der Waals surface area contributed by atoms with Gasteiger partial charge in [-0.05, 0) is 69.1 Å². The second-order valence-electron chi connectivity index (χ2n) is 5.73. The van der Waals surface area contributed by atoms with Crippen molar-refractivity contribution in [3.05, 3.63) is 72.8 Å². The number of hydrogen-bond acceptors (Lipinski definition) is 2. The normalized spacial score (nSPS) is 10.9. The number of ether oxygens (including phenoxy) is 2. The molecule has 4 aromatic rings. The van der Waals surface area contributed by atoms with Crippen molar-refractivity contribution in [3.63, 3.8) is 0 Å². The summed E-state index contributed by atoms with van der Waals surface area (Å²) in [6.07, 6.45) is 0. The molecule has 0 fully saturated rings. The monoisotopic (exact) mass is 313 g/mol. The molecule has 4 aromatic carbocycles. The predicted molar refractivity (Wildman–Crippen MR) is 98.8 cm³/mol. The molecule has 0 atom stereocenters. The summed E-state index contributed by atoms with van der Waals surface area (Å²) in [6, 6.07) is 26.1. The molecule has 0 saturated carbocycles. The molecule has 0 aromatic heterocycles. The molecule has 0 spiro atoms. The van der Waals surface area contributed by atoms with Gasteiger partial charge in [-0.2, -0.15) is 0 Å². The fourth-order valence-corrected chi connectivity index (χ4v) is 3.06. The molecular formula is C22H17O2. The van der Waals surface area contributed by atoms with Crippen LogP contribution in [0.25, 0.3) is 32.7 Å². The molecule has 2 heteroatoms. The Bertz CT molecular complexity index is 1030. The Balaban J connectivity index is 1.92. The zero-order valence-corrected chi connectivity index (χ0v) is 13.7. The summed E-state index contributed by atoms with van der Waals surface area (Å²) in [4.78, 5) is 0. The minimum atomic E-state index is 0.855. The highest BCUT2D eigenvalue weighted by molar-refractivity contribution is 5.99. The number of rotatable bonds is 3. The molecule has 0 unspecified atom stereocenters. The lowest BCUT2D eigenvalue weighted by atomic mass is 9.96. The van der Waals surface area contributed by atoms with Crippen LogP contribution in [0, 0.1) is 6.07 Å². The lowest BCUT2D eigenvalue weighted by Gasteiger charge is -2.10. The molecule has 1 radical (unpaired) electrons. The molecule has 0 heterocycles. The van der Waals surface area contributed by atoms with Crippen molar-refractivity contribution in [2.45, 2.75) is 0 Å². The Morgan fingerprint density at radius 2 is 1.33 bits per heavy atom. The zero-order valence-electron chi connectivity index (χ0n) is 13.7. The molecule has 2 nitrogen and oxygen atoms in total. The van der Waals surface area contributed by atoms with E-state index in [1.54, 1.807) is 14.2 Å². The second kappa shape index (κ2) is 5.89. The number of methoxy groups -OCH3 is 2. The maximum absolute atomic E-state index is 5.38. The van der Waals surface area contributed by atoms with Gasteiger partial charge in [0.05, 0.1) is 14.2 Å². The Kier molecular flexibility index (Phi) is 3.58. The maximum atomic E-state index is 5.38. The van der Waals surface area contributed by atoms with Gasteiger partial charge in [-0.25, -0.2) is 0 Å². The molecule has 24 heavy (non-hydrogen) atoms. The van der Waals surface area contributed by atoms with E-state index in [2.05, 4.69) is 54.6 Å². The van der Waals surface area contributed by atoms with E-state index in [1.807, 2.05) is 18.2 Å². The molecule has 117 valence electrons. The van der Waals surface area contributed by atoms with Crippen molar-refractivity contribution in [3.8, 4) is 22.6 Å². The highest BCUT2D eigenvalue weighted by Crippen LogP contribution is 2.33. The third kappa shape index (κ3) is 2.46. The summed E-state index contributed by atoms with van der Waals surface area (Å²) in [6.45, 7) is 0. The van der Waals surface area contributed by atoms with E-state index < -0.39 is 0 Å². The molecule has 0 bridgehead atoms. The summed E-state index contributed by atoms with van der Waals surface area (Å²) < 4.78 is 10.7. The first-order valence-corrected chi connectivity index (χ1v) is 7.85. The SMILES string of the molecule is COc1ccc2cc(-c3[c]ccc4ccc(OC)cc34)ccc2c1. The van der Waals surface area contributed by atoms with Crippen LogP contribution < -0.4 is 9.47 Å². The summed E-state index contributed by atoms with van der Waals surface area (Å²) in [5.74, 6) is 1.73. The molecule has 0 saturated heterocycles. The Morgan fingerprint density at radius 3 is 2.12 bits per heavy atom. The van der Waals surface area contributed by atoms with Crippen molar-refractivity contribution < 1.29 is 9.47 Å². The van der Waals surface area contributed by atoms with E-state index in [9.17, 15) is 0 Å². The fraction of sp³-hybridized carbons (Fsp3) is 0.0909. The van der Waals surface area contributed by atoms with Crippen LogP contribution >= 0.6 is 0 Å². The van der Waals surface area contributed by atoms with Crippen LogP contribution in [0.4, 0.5) is 0 Å². The molecule has 0 aliphatic carbocycles. The maximum Gasteiger partial charge on any atom is 0.119 e. The minimum Gasteiger partial charge on any atom is -0.497 e. The predicted octanol–water partition coefficient (Wildman–Crippen LogP) is 5.48. The average molecular weight is 313 g/mol. The van der Waals surface area contributed by atoms with Crippen LogP contribution in [0.1, 0.15) is 0 Å². The quantitative estimate of drug-likeness (QED) is 0.499. The lowest BCUT2D eigenvalue weighted by molar-refractivity contribution is 0.415. The van der Waals surface area contributed by atoms with Crippen molar-refractivity contribution in [2.75, 3.05) is 14.2 Å². The van der Waals surface area contributed by atoms with Crippen LogP contribution in [0.3, 0.4) is 0 Å². The van der Waals surface area contributed by atoms with Crippen molar-refractivity contribution in [1.82, 2.24) is 0 Å². The molecular weight excluding hydrogens is 296 g/mol. The van der Waals surface area contributed by atoms with Crippen molar-refractivity contribution in [1.29, 1.82) is 0 Å². The molecule has 0 N–H and O–H groups in total. The van der Waals surface area contributed by atoms with Crippen LogP contribution in [0.15, 0.2) is 66.7 Å². The highest BCUT2D eigenvalue weighted by Gasteiger charge is 2.07. The minimum absolute atomic E-state index is 0.855. The van der Waals surface area contributed by atoms with Crippen LogP contribution in [0.5, 0.6) is 11.5 Å². The van der Waals surface area contributed by atoms with E-state index >= 15 is 0 Å². The lowest BCUT2D eigenvalue weighted by Crippen LogP contribution is -1.86. The van der Waals surface area contributed by atoms with Crippen LogP contribution in [-0.4, -0.2) is 14.2 Å². The molecule has 4 rings (SSSR count). The van der Waals surface area contributed by atoms with Gasteiger partial charge in [0.25, 0.3) is 0 Å². The summed E-state index contributed by atoms with van der Waals surface area (Å²) in [5, 5.41) is 4.67. The van der Waals surface area contributed by atoms with Gasteiger partial charge in [0, 0.05) is 0 Å². The molecule has 0 aliphatic heterocycles. The third-order valence-electron chi connectivity index (χ3n) is 4.36. The first kappa shape index (κ1) is 14.6. The Labute approximate surface area is 141 Å². The number of benzene rings is 4. The second-order valence-corrected chi connectivity index (χ2v) is 5.73. The van der Waals surface area contributed by atoms with Gasteiger partial charge < -0.3 is 9.47 Å². The molecule has 0 aliphatic rings. The summed E-state index contributed by atoms with van der Waals surface area (Å²) in [5.41, 5.74) is 2.23. The van der Waals surface area contributed by atoms with E-state index in [4.69, 9.17) is 9.47 Å². The van der Waals surface area contributed by atoms with Crippen molar-refractivity contribution in [2.24, 2.45) is 0 Å². The highest BCUT2D eigenvalue weighted by atomic mass is 16.5. The smallest absolute Gasteiger partial charge is 0.119 e. The molecule has 0 amide bonds. The zero-order chi connectivity index (χ0) is 16.5. The van der Waals surface area contributed by atoms with Gasteiger partial charge in [-0.3, -0.25) is 0 Å². The van der Waals surface area contributed by atoms with E-state index in [1.165, 1.54) is 10.8 Å². The first-order valence-electron chi connectivity index (χ1n) is 7.85. The Morgan fingerprint density at radius 1 is 0.667 bits per heavy atom. The fourth-order valence-electron chi connectivity index (χ4n) is 3.06. The van der Waals surface area contributed by atoms with Gasteiger partial charge in [0.1, 0.15) is 11.5 Å². The van der Waals surface area contributed by atoms with Crippen LogP contribution in [0.2, 0.25) is 0 Å². The van der Waals surface area contributed by atoms with E-state index in [0.29, 0.717) is 0 Å². The first-order chi connectivity index (χ1) is 11.8. The topological polar surface area (TPSA) is 18.5 Å². The van der Waals surface area contributed by atoms with E-state index in [0.717, 1.165) is 33.4 Å². The van der Waals surface area contributed by atoms with Gasteiger partial charge in [0.15, 0.2) is 0 Å². The average Bonchev–Trinajstić information content (AvgIpc) is 2.66. The largest absolute Gasteiger partial charge is 0.497 e. The van der Waals surface area contributed by atoms with Gasteiger partial charge in [-0.1, -0.05) is 36.4 Å². The van der Waals surface area contributed by atoms with Crippen LogP contribution in [-0.2, 0) is 0 Å². The third-order valence-corrected chi connectivity index (χ3v) is 4.36. The van der Waals surface area contributed by atoms with Gasteiger partial charge in [0.2, 0.25) is 0 Å². The standard InChI is InChI=1S/C22H17O2/c1-23-19-11-9-16-12-18(7-6-17(16)13-19)21-5-3-4-15-8-10-20(24-2)14-22(15)21/h3-4,6-14H,1-2H3. The van der Waals surface area contributed by atoms with Crippen molar-refractivity contribution >= 4 is 21.5 Å². The summed E-state index contributed by atoms with van der Waals surface area (Å²) in [7, 11) is 3.38. The van der Waals surface area contributed by atoms with Gasteiger partial charge in [-0.15, -0.1) is 0 Å². The van der Waals surface area contributed by atoms with E-state index in [-0.39, 0.29) is 0 Å². The number of fused-ring (bicyclic) bond motifs is 2. The Hall–Kier alpha value is -3.00. The summed E-state index contributed by atoms with van der Waals surface area (Å²) >= 11 is 0.